The fourth-order valence-corrected chi connectivity index (χ4v) is 4.13. The SMILES string of the molecule is COc1ccc(/C=C/c2nc3s/c(=C\c4cccc(Br)c4)c(=O)n3n2)cc1OC. The molecule has 0 fully saturated rings. The molecule has 146 valence electrons. The summed E-state index contributed by atoms with van der Waals surface area (Å²) in [6.07, 6.45) is 5.46. The Balaban J connectivity index is 1.64. The van der Waals surface area contributed by atoms with Crippen molar-refractivity contribution in [1.82, 2.24) is 14.6 Å². The maximum atomic E-state index is 12.6. The van der Waals surface area contributed by atoms with Crippen LogP contribution in [0, 0.1) is 0 Å². The molecule has 0 radical (unpaired) electrons. The van der Waals surface area contributed by atoms with E-state index in [4.69, 9.17) is 9.47 Å². The predicted octanol–water partition coefficient (Wildman–Crippen LogP) is 3.65. The first-order chi connectivity index (χ1) is 14.1. The van der Waals surface area contributed by atoms with E-state index in [9.17, 15) is 4.79 Å². The summed E-state index contributed by atoms with van der Waals surface area (Å²) in [6.45, 7) is 0. The van der Waals surface area contributed by atoms with Crippen molar-refractivity contribution < 1.29 is 9.47 Å². The number of benzene rings is 2. The summed E-state index contributed by atoms with van der Waals surface area (Å²) in [7, 11) is 3.19. The van der Waals surface area contributed by atoms with E-state index in [0.29, 0.717) is 26.8 Å². The van der Waals surface area contributed by atoms with Crippen LogP contribution in [0.25, 0.3) is 23.2 Å². The Morgan fingerprint density at radius 3 is 2.59 bits per heavy atom. The Morgan fingerprint density at radius 2 is 1.86 bits per heavy atom. The van der Waals surface area contributed by atoms with Crippen molar-refractivity contribution in [2.45, 2.75) is 0 Å². The van der Waals surface area contributed by atoms with Gasteiger partial charge < -0.3 is 9.47 Å². The van der Waals surface area contributed by atoms with Gasteiger partial charge in [0.2, 0.25) is 4.96 Å². The zero-order valence-corrected chi connectivity index (χ0v) is 18.0. The molecule has 6 nitrogen and oxygen atoms in total. The van der Waals surface area contributed by atoms with Crippen molar-refractivity contribution in [1.29, 1.82) is 0 Å². The highest BCUT2D eigenvalue weighted by atomic mass is 79.9. The molecule has 0 saturated heterocycles. The monoisotopic (exact) mass is 469 g/mol. The molecule has 2 aromatic heterocycles. The van der Waals surface area contributed by atoms with Gasteiger partial charge in [0.05, 0.1) is 18.8 Å². The standard InChI is InChI=1S/C21H16BrN3O3S/c1-27-16-8-6-13(11-17(16)28-2)7-9-19-23-21-25(24-19)20(26)18(29-21)12-14-4-3-5-15(22)10-14/h3-12H,1-2H3/b9-7+,18-12-. The highest BCUT2D eigenvalue weighted by Gasteiger charge is 2.09. The Kier molecular flexibility index (Phi) is 5.46. The molecule has 4 rings (SSSR count). The van der Waals surface area contributed by atoms with Gasteiger partial charge in [-0.2, -0.15) is 9.50 Å². The second-order valence-electron chi connectivity index (χ2n) is 6.08. The molecule has 0 atom stereocenters. The van der Waals surface area contributed by atoms with Crippen LogP contribution in [-0.2, 0) is 0 Å². The van der Waals surface area contributed by atoms with Crippen LogP contribution in [0.2, 0.25) is 0 Å². The van der Waals surface area contributed by atoms with Crippen LogP contribution in [0.5, 0.6) is 11.5 Å². The van der Waals surface area contributed by atoms with Gasteiger partial charge in [-0.1, -0.05) is 51.5 Å². The third-order valence-corrected chi connectivity index (χ3v) is 5.63. The zero-order chi connectivity index (χ0) is 20.4. The minimum atomic E-state index is -0.178. The average molecular weight is 470 g/mol. The van der Waals surface area contributed by atoms with Gasteiger partial charge in [0, 0.05) is 4.47 Å². The van der Waals surface area contributed by atoms with Crippen LogP contribution in [0.3, 0.4) is 0 Å². The van der Waals surface area contributed by atoms with Crippen molar-refractivity contribution >= 4 is 50.5 Å². The minimum absolute atomic E-state index is 0.178. The Morgan fingerprint density at radius 1 is 1.03 bits per heavy atom. The summed E-state index contributed by atoms with van der Waals surface area (Å²) in [4.78, 5) is 17.6. The molecule has 29 heavy (non-hydrogen) atoms. The number of halogens is 1. The molecule has 0 aliphatic carbocycles. The maximum Gasteiger partial charge on any atom is 0.291 e. The second kappa shape index (κ2) is 8.18. The summed E-state index contributed by atoms with van der Waals surface area (Å²) in [5.41, 5.74) is 1.67. The van der Waals surface area contributed by atoms with Gasteiger partial charge in [0.25, 0.3) is 5.56 Å². The fraction of sp³-hybridized carbons (Fsp3) is 0.0952. The Labute approximate surface area is 178 Å². The first kappa shape index (κ1) is 19.4. The lowest BCUT2D eigenvalue weighted by Gasteiger charge is -2.07. The lowest BCUT2D eigenvalue weighted by molar-refractivity contribution is 0.355. The molecule has 2 heterocycles. The number of thiazole rings is 1. The van der Waals surface area contributed by atoms with Gasteiger partial charge in [-0.25, -0.2) is 0 Å². The molecule has 8 heteroatoms. The van der Waals surface area contributed by atoms with Crippen molar-refractivity contribution in [3.8, 4) is 11.5 Å². The lowest BCUT2D eigenvalue weighted by Crippen LogP contribution is -2.23. The molecule has 0 saturated carbocycles. The summed E-state index contributed by atoms with van der Waals surface area (Å²) >= 11 is 4.75. The summed E-state index contributed by atoms with van der Waals surface area (Å²) in [6, 6.07) is 13.4. The van der Waals surface area contributed by atoms with Crippen LogP contribution in [0.15, 0.2) is 51.7 Å². The molecule has 0 bridgehead atoms. The number of nitrogens with zero attached hydrogens (tertiary/aromatic N) is 3. The number of fused-ring (bicyclic) bond motifs is 1. The summed E-state index contributed by atoms with van der Waals surface area (Å²) in [5.74, 6) is 1.77. The first-order valence-electron chi connectivity index (χ1n) is 8.64. The van der Waals surface area contributed by atoms with Crippen molar-refractivity contribution in [2.75, 3.05) is 14.2 Å². The van der Waals surface area contributed by atoms with Crippen molar-refractivity contribution in [3.63, 3.8) is 0 Å². The largest absolute Gasteiger partial charge is 0.493 e. The van der Waals surface area contributed by atoms with Crippen LogP contribution in [-0.4, -0.2) is 28.8 Å². The van der Waals surface area contributed by atoms with E-state index in [2.05, 4.69) is 26.0 Å². The fourth-order valence-electron chi connectivity index (χ4n) is 2.79. The van der Waals surface area contributed by atoms with Gasteiger partial charge in [-0.3, -0.25) is 4.79 Å². The molecule has 2 aromatic carbocycles. The normalized spacial score (nSPS) is 12.2. The number of hydrogen-bond acceptors (Lipinski definition) is 6. The molecule has 0 aliphatic rings. The van der Waals surface area contributed by atoms with Crippen LogP contribution >= 0.6 is 27.3 Å². The number of ether oxygens (including phenoxy) is 2. The quantitative estimate of drug-likeness (QED) is 0.446. The predicted molar refractivity (Wildman–Crippen MR) is 119 cm³/mol. The van der Waals surface area contributed by atoms with E-state index in [1.54, 1.807) is 20.3 Å². The topological polar surface area (TPSA) is 65.7 Å². The van der Waals surface area contributed by atoms with E-state index in [1.165, 1.54) is 15.9 Å². The number of rotatable bonds is 5. The highest BCUT2D eigenvalue weighted by molar-refractivity contribution is 9.10. The van der Waals surface area contributed by atoms with Gasteiger partial charge in [-0.15, -0.1) is 5.10 Å². The molecular weight excluding hydrogens is 454 g/mol. The number of methoxy groups -OCH3 is 2. The van der Waals surface area contributed by atoms with E-state index in [-0.39, 0.29) is 5.56 Å². The van der Waals surface area contributed by atoms with E-state index in [0.717, 1.165) is 15.6 Å². The van der Waals surface area contributed by atoms with Gasteiger partial charge in [0.15, 0.2) is 17.3 Å². The van der Waals surface area contributed by atoms with Crippen LogP contribution in [0.1, 0.15) is 17.0 Å². The molecule has 4 aromatic rings. The molecular formula is C21H16BrN3O3S. The molecule has 0 N–H and O–H groups in total. The number of aromatic nitrogens is 3. The lowest BCUT2D eigenvalue weighted by atomic mass is 10.2. The Hall–Kier alpha value is -2.97. The third-order valence-electron chi connectivity index (χ3n) is 4.18. The van der Waals surface area contributed by atoms with Crippen molar-refractivity contribution in [2.24, 2.45) is 0 Å². The zero-order valence-electron chi connectivity index (χ0n) is 15.6. The van der Waals surface area contributed by atoms with Gasteiger partial charge in [0.1, 0.15) is 0 Å². The highest BCUT2D eigenvalue weighted by Crippen LogP contribution is 2.28. The van der Waals surface area contributed by atoms with Crippen LogP contribution in [0.4, 0.5) is 0 Å². The second-order valence-corrected chi connectivity index (χ2v) is 8.01. The molecule has 0 spiro atoms. The first-order valence-corrected chi connectivity index (χ1v) is 10.3. The summed E-state index contributed by atoms with van der Waals surface area (Å²) in [5, 5.41) is 4.31. The van der Waals surface area contributed by atoms with Gasteiger partial charge >= 0.3 is 0 Å². The smallest absolute Gasteiger partial charge is 0.291 e. The average Bonchev–Trinajstić information content (AvgIpc) is 3.25. The third kappa shape index (κ3) is 4.08. The Bertz CT molecular complexity index is 1330. The molecule has 0 amide bonds. The summed E-state index contributed by atoms with van der Waals surface area (Å²) < 4.78 is 13.4. The van der Waals surface area contributed by atoms with E-state index >= 15 is 0 Å². The van der Waals surface area contributed by atoms with Crippen molar-refractivity contribution in [3.05, 3.63) is 78.8 Å². The molecule has 0 unspecified atom stereocenters. The van der Waals surface area contributed by atoms with Gasteiger partial charge in [-0.05, 0) is 47.5 Å². The van der Waals surface area contributed by atoms with Crippen LogP contribution < -0.4 is 19.6 Å². The van der Waals surface area contributed by atoms with E-state index in [1.807, 2.05) is 54.6 Å². The van der Waals surface area contributed by atoms with E-state index < -0.39 is 0 Å². The molecule has 0 aliphatic heterocycles. The number of hydrogen-bond donors (Lipinski definition) is 0. The minimum Gasteiger partial charge on any atom is -0.493 e. The maximum absolute atomic E-state index is 12.6.